The fraction of sp³-hybridized carbons (Fsp3) is 0. The van der Waals surface area contributed by atoms with E-state index in [2.05, 4.69) is 163 Å². The lowest BCUT2D eigenvalue weighted by Crippen LogP contribution is -2.09. The summed E-state index contributed by atoms with van der Waals surface area (Å²) in [6, 6.07) is 58.4. The van der Waals surface area contributed by atoms with Gasteiger partial charge in [0.2, 0.25) is 0 Å². The lowest BCUT2D eigenvalue weighted by atomic mass is 9.92. The van der Waals surface area contributed by atoms with E-state index in [-0.39, 0.29) is 0 Å². The first kappa shape index (κ1) is 24.7. The Morgan fingerprint density at radius 1 is 0.364 bits per heavy atom. The zero-order valence-corrected chi connectivity index (χ0v) is 23.9. The first-order valence-corrected chi connectivity index (χ1v) is 15.0. The molecular formula is C42H27NO. The highest BCUT2D eigenvalue weighted by Gasteiger charge is 2.18. The zero-order valence-electron chi connectivity index (χ0n) is 23.9. The average molecular weight is 562 g/mol. The van der Waals surface area contributed by atoms with Crippen molar-refractivity contribution in [1.29, 1.82) is 0 Å². The number of hydrogen-bond donors (Lipinski definition) is 0. The van der Waals surface area contributed by atoms with Crippen molar-refractivity contribution < 1.29 is 4.42 Å². The summed E-state index contributed by atoms with van der Waals surface area (Å²) in [7, 11) is 0. The van der Waals surface area contributed by atoms with Gasteiger partial charge in [-0.25, -0.2) is 0 Å². The van der Waals surface area contributed by atoms with Crippen molar-refractivity contribution in [3.05, 3.63) is 164 Å². The number of para-hydroxylation sites is 2. The number of fused-ring (bicyclic) bond motifs is 10. The van der Waals surface area contributed by atoms with Gasteiger partial charge in [0.1, 0.15) is 11.2 Å². The molecule has 9 aromatic rings. The standard InChI is InChI=1S/C42H27NO/c1-3-11-28(12-4-1)29-19-22-32(23-20-29)43(31-13-5-2-6-14-31)33-24-26-34-30(27-33)21-25-38-40(34)35-15-7-8-16-36(35)42-41(38)37-17-9-10-18-39(37)44-42/h1-27H. The van der Waals surface area contributed by atoms with Crippen molar-refractivity contribution in [1.82, 2.24) is 0 Å². The summed E-state index contributed by atoms with van der Waals surface area (Å²) in [6.07, 6.45) is 0. The summed E-state index contributed by atoms with van der Waals surface area (Å²) in [5.74, 6) is 0. The maximum atomic E-state index is 6.46. The van der Waals surface area contributed by atoms with Crippen LogP contribution >= 0.6 is 0 Å². The Morgan fingerprint density at radius 2 is 0.955 bits per heavy atom. The van der Waals surface area contributed by atoms with Crippen LogP contribution in [0.4, 0.5) is 17.1 Å². The Kier molecular flexibility index (Phi) is 5.54. The topological polar surface area (TPSA) is 16.4 Å². The molecule has 0 aliphatic heterocycles. The molecule has 0 saturated heterocycles. The Balaban J connectivity index is 1.27. The van der Waals surface area contributed by atoms with Crippen molar-refractivity contribution in [2.24, 2.45) is 0 Å². The maximum absolute atomic E-state index is 6.46. The summed E-state index contributed by atoms with van der Waals surface area (Å²) in [4.78, 5) is 2.34. The fourth-order valence-corrected chi connectivity index (χ4v) is 6.81. The van der Waals surface area contributed by atoms with Gasteiger partial charge in [-0.1, -0.05) is 121 Å². The largest absolute Gasteiger partial charge is 0.455 e. The summed E-state index contributed by atoms with van der Waals surface area (Å²) in [5, 5.41) is 9.63. The first-order chi connectivity index (χ1) is 21.8. The van der Waals surface area contributed by atoms with Crippen LogP contribution in [0.2, 0.25) is 0 Å². The van der Waals surface area contributed by atoms with E-state index in [4.69, 9.17) is 4.42 Å². The molecule has 0 amide bonds. The maximum Gasteiger partial charge on any atom is 0.143 e. The third kappa shape index (κ3) is 3.82. The molecule has 0 saturated carbocycles. The molecule has 0 radical (unpaired) electrons. The van der Waals surface area contributed by atoms with E-state index < -0.39 is 0 Å². The van der Waals surface area contributed by atoms with E-state index >= 15 is 0 Å². The predicted molar refractivity (Wildman–Crippen MR) is 186 cm³/mol. The number of benzene rings is 8. The van der Waals surface area contributed by atoms with Crippen molar-refractivity contribution >= 4 is 71.3 Å². The van der Waals surface area contributed by atoms with Crippen molar-refractivity contribution in [3.8, 4) is 11.1 Å². The van der Waals surface area contributed by atoms with E-state index in [0.717, 1.165) is 39.0 Å². The second kappa shape index (κ2) is 9.86. The summed E-state index contributed by atoms with van der Waals surface area (Å²) in [5.41, 5.74) is 7.67. The minimum Gasteiger partial charge on any atom is -0.455 e. The van der Waals surface area contributed by atoms with Crippen molar-refractivity contribution in [3.63, 3.8) is 0 Å². The Bertz CT molecular complexity index is 2480. The minimum absolute atomic E-state index is 0.924. The molecule has 1 heterocycles. The Morgan fingerprint density at radius 3 is 1.75 bits per heavy atom. The van der Waals surface area contributed by atoms with Crippen LogP contribution in [0.25, 0.3) is 65.4 Å². The van der Waals surface area contributed by atoms with E-state index in [0.29, 0.717) is 0 Å². The minimum atomic E-state index is 0.924. The SMILES string of the molecule is c1ccc(-c2ccc(N(c3ccccc3)c3ccc4c(ccc5c4c4ccccc4c4oc6ccccc6c54)c3)cc2)cc1. The molecule has 0 aliphatic carbocycles. The molecule has 0 N–H and O–H groups in total. The predicted octanol–water partition coefficient (Wildman–Crippen LogP) is 12.2. The van der Waals surface area contributed by atoms with Crippen LogP contribution < -0.4 is 4.90 Å². The molecule has 206 valence electrons. The molecule has 0 unspecified atom stereocenters. The molecule has 0 fully saturated rings. The van der Waals surface area contributed by atoms with E-state index in [9.17, 15) is 0 Å². The highest BCUT2D eigenvalue weighted by molar-refractivity contribution is 6.34. The number of furan rings is 1. The molecule has 1 aromatic heterocycles. The quantitative estimate of drug-likeness (QED) is 0.199. The highest BCUT2D eigenvalue weighted by Crippen LogP contribution is 2.44. The Labute approximate surface area is 255 Å². The van der Waals surface area contributed by atoms with Gasteiger partial charge in [-0.05, 0) is 80.5 Å². The molecule has 0 spiro atoms. The van der Waals surface area contributed by atoms with Crippen LogP contribution in [0.15, 0.2) is 168 Å². The number of rotatable bonds is 4. The van der Waals surface area contributed by atoms with Crippen molar-refractivity contribution in [2.75, 3.05) is 4.90 Å². The van der Waals surface area contributed by atoms with Crippen LogP contribution in [0.1, 0.15) is 0 Å². The van der Waals surface area contributed by atoms with E-state index in [1.807, 2.05) is 6.07 Å². The molecule has 2 nitrogen and oxygen atoms in total. The third-order valence-corrected chi connectivity index (χ3v) is 8.81. The normalized spacial score (nSPS) is 11.6. The van der Waals surface area contributed by atoms with Gasteiger partial charge in [-0.15, -0.1) is 0 Å². The Hall–Kier alpha value is -5.86. The summed E-state index contributed by atoms with van der Waals surface area (Å²) < 4.78 is 6.46. The van der Waals surface area contributed by atoms with Gasteiger partial charge >= 0.3 is 0 Å². The monoisotopic (exact) mass is 561 g/mol. The van der Waals surface area contributed by atoms with E-state index in [1.165, 1.54) is 43.4 Å². The fourth-order valence-electron chi connectivity index (χ4n) is 6.81. The van der Waals surface area contributed by atoms with Crippen LogP contribution in [-0.2, 0) is 0 Å². The molecule has 0 atom stereocenters. The van der Waals surface area contributed by atoms with Crippen LogP contribution in [-0.4, -0.2) is 0 Å². The summed E-state index contributed by atoms with van der Waals surface area (Å²) in [6.45, 7) is 0. The van der Waals surface area contributed by atoms with Gasteiger partial charge in [0, 0.05) is 33.2 Å². The molecular weight excluding hydrogens is 534 g/mol. The molecule has 44 heavy (non-hydrogen) atoms. The smallest absolute Gasteiger partial charge is 0.143 e. The van der Waals surface area contributed by atoms with Crippen molar-refractivity contribution in [2.45, 2.75) is 0 Å². The highest BCUT2D eigenvalue weighted by atomic mass is 16.3. The molecule has 9 rings (SSSR count). The van der Waals surface area contributed by atoms with Gasteiger partial charge in [-0.2, -0.15) is 0 Å². The van der Waals surface area contributed by atoms with Gasteiger partial charge in [-0.3, -0.25) is 0 Å². The zero-order chi connectivity index (χ0) is 29.0. The lowest BCUT2D eigenvalue weighted by molar-refractivity contribution is 0.673. The van der Waals surface area contributed by atoms with Gasteiger partial charge in [0.05, 0.1) is 0 Å². The second-order valence-electron chi connectivity index (χ2n) is 11.3. The van der Waals surface area contributed by atoms with Crippen LogP contribution in [0.5, 0.6) is 0 Å². The number of nitrogens with zero attached hydrogens (tertiary/aromatic N) is 1. The number of anilines is 3. The third-order valence-electron chi connectivity index (χ3n) is 8.81. The first-order valence-electron chi connectivity index (χ1n) is 15.0. The summed E-state index contributed by atoms with van der Waals surface area (Å²) >= 11 is 0. The second-order valence-corrected chi connectivity index (χ2v) is 11.3. The van der Waals surface area contributed by atoms with Gasteiger partial charge in [0.15, 0.2) is 0 Å². The van der Waals surface area contributed by atoms with Gasteiger partial charge < -0.3 is 9.32 Å². The molecule has 8 aromatic carbocycles. The lowest BCUT2D eigenvalue weighted by Gasteiger charge is -2.26. The average Bonchev–Trinajstić information content (AvgIpc) is 3.49. The number of hydrogen-bond acceptors (Lipinski definition) is 2. The van der Waals surface area contributed by atoms with E-state index in [1.54, 1.807) is 0 Å². The molecule has 0 aliphatic rings. The molecule has 0 bridgehead atoms. The van der Waals surface area contributed by atoms with Crippen LogP contribution in [0, 0.1) is 0 Å². The molecule has 2 heteroatoms. The van der Waals surface area contributed by atoms with Crippen LogP contribution in [0.3, 0.4) is 0 Å². The van der Waals surface area contributed by atoms with Gasteiger partial charge in [0.25, 0.3) is 0 Å².